The Labute approximate surface area is 192 Å². The number of rotatable bonds is 7. The molecule has 9 nitrogen and oxygen atoms in total. The van der Waals surface area contributed by atoms with Crippen LogP contribution in [0.5, 0.6) is 17.2 Å². The molecule has 1 aliphatic rings. The highest BCUT2D eigenvalue weighted by Crippen LogP contribution is 2.34. The number of aromatic nitrogens is 1. The van der Waals surface area contributed by atoms with Gasteiger partial charge in [0.1, 0.15) is 18.0 Å². The molecule has 1 aliphatic heterocycles. The summed E-state index contributed by atoms with van der Waals surface area (Å²) < 4.78 is 25.3. The van der Waals surface area contributed by atoms with Crippen LogP contribution in [0.15, 0.2) is 42.6 Å². The zero-order valence-corrected chi connectivity index (χ0v) is 18.1. The Kier molecular flexibility index (Phi) is 6.27. The van der Waals surface area contributed by atoms with Gasteiger partial charge in [0.05, 0.1) is 18.2 Å². The number of hydrogen-bond acceptors (Lipinski definition) is 6. The molecule has 0 spiro atoms. The SMILES string of the molecule is COc1cc2nccc(Oc3ccc(Cl)cc3F)c2cc1C(=O)NCCN1CC(=O)NC1=O. The third-order valence-corrected chi connectivity index (χ3v) is 5.15. The van der Waals surface area contributed by atoms with E-state index in [1.165, 1.54) is 36.4 Å². The van der Waals surface area contributed by atoms with Gasteiger partial charge >= 0.3 is 6.03 Å². The first kappa shape index (κ1) is 22.3. The van der Waals surface area contributed by atoms with E-state index in [-0.39, 0.29) is 53.4 Å². The zero-order chi connectivity index (χ0) is 23.5. The largest absolute Gasteiger partial charge is 0.496 e. The van der Waals surface area contributed by atoms with Gasteiger partial charge in [-0.3, -0.25) is 19.9 Å². The second-order valence-corrected chi connectivity index (χ2v) is 7.52. The van der Waals surface area contributed by atoms with Crippen LogP contribution in [-0.2, 0) is 4.79 Å². The number of nitrogens with one attached hydrogen (secondary N) is 2. The molecule has 0 aliphatic carbocycles. The molecule has 4 rings (SSSR count). The van der Waals surface area contributed by atoms with Crippen molar-refractivity contribution in [2.75, 3.05) is 26.7 Å². The molecule has 2 aromatic carbocycles. The van der Waals surface area contributed by atoms with Crippen molar-refractivity contribution in [2.45, 2.75) is 0 Å². The van der Waals surface area contributed by atoms with Crippen LogP contribution in [0, 0.1) is 5.82 Å². The van der Waals surface area contributed by atoms with Gasteiger partial charge in [0, 0.05) is 35.8 Å². The van der Waals surface area contributed by atoms with Crippen LogP contribution in [0.4, 0.5) is 9.18 Å². The topological polar surface area (TPSA) is 110 Å². The van der Waals surface area contributed by atoms with Crippen molar-refractivity contribution in [2.24, 2.45) is 0 Å². The molecule has 4 amide bonds. The van der Waals surface area contributed by atoms with E-state index in [0.29, 0.717) is 10.9 Å². The van der Waals surface area contributed by atoms with E-state index < -0.39 is 17.8 Å². The minimum atomic E-state index is -0.636. The number of urea groups is 1. The van der Waals surface area contributed by atoms with Gasteiger partial charge in [-0.15, -0.1) is 0 Å². The number of imide groups is 1. The molecule has 2 heterocycles. The lowest BCUT2D eigenvalue weighted by atomic mass is 10.1. The van der Waals surface area contributed by atoms with E-state index in [9.17, 15) is 18.8 Å². The fraction of sp³-hybridized carbons (Fsp3) is 0.182. The van der Waals surface area contributed by atoms with E-state index in [1.54, 1.807) is 12.1 Å². The standard InChI is InChI=1S/C22H18ClFN4O5/c1-32-19-10-16-13(17(4-5-25-16)33-18-3-2-12(23)8-15(18)24)9-14(19)21(30)26-6-7-28-11-20(29)27-22(28)31/h2-5,8-10H,6-7,11H2,1H3,(H,26,30)(H,27,29,31). The Morgan fingerprint density at radius 3 is 2.73 bits per heavy atom. The lowest BCUT2D eigenvalue weighted by molar-refractivity contribution is -0.118. The monoisotopic (exact) mass is 472 g/mol. The molecule has 0 radical (unpaired) electrons. The highest BCUT2D eigenvalue weighted by molar-refractivity contribution is 6.30. The molecule has 2 N–H and O–H groups in total. The third kappa shape index (κ3) is 4.80. The second kappa shape index (κ2) is 9.29. The Morgan fingerprint density at radius 2 is 2.03 bits per heavy atom. The number of pyridine rings is 1. The van der Waals surface area contributed by atoms with E-state index in [4.69, 9.17) is 21.1 Å². The zero-order valence-electron chi connectivity index (χ0n) is 17.4. The first-order valence-corrected chi connectivity index (χ1v) is 10.2. The minimum absolute atomic E-state index is 0.0350. The van der Waals surface area contributed by atoms with Gasteiger partial charge in [-0.1, -0.05) is 11.6 Å². The summed E-state index contributed by atoms with van der Waals surface area (Å²) in [5.41, 5.74) is 0.670. The summed E-state index contributed by atoms with van der Waals surface area (Å²) >= 11 is 5.80. The minimum Gasteiger partial charge on any atom is -0.496 e. The van der Waals surface area contributed by atoms with Gasteiger partial charge in [-0.25, -0.2) is 9.18 Å². The smallest absolute Gasteiger partial charge is 0.324 e. The number of fused-ring (bicyclic) bond motifs is 1. The average Bonchev–Trinajstić information content (AvgIpc) is 3.11. The van der Waals surface area contributed by atoms with Crippen molar-refractivity contribution in [3.8, 4) is 17.2 Å². The van der Waals surface area contributed by atoms with Crippen LogP contribution in [-0.4, -0.2) is 54.5 Å². The first-order chi connectivity index (χ1) is 15.9. The summed E-state index contributed by atoms with van der Waals surface area (Å²) in [6, 6.07) is 8.19. The number of methoxy groups -OCH3 is 1. The number of nitrogens with zero attached hydrogens (tertiary/aromatic N) is 2. The van der Waals surface area contributed by atoms with Crippen LogP contribution in [0.2, 0.25) is 5.02 Å². The Balaban J connectivity index is 1.58. The predicted octanol–water partition coefficient (Wildman–Crippen LogP) is 3.11. The fourth-order valence-electron chi connectivity index (χ4n) is 3.32. The third-order valence-electron chi connectivity index (χ3n) is 4.92. The molecule has 11 heteroatoms. The lowest BCUT2D eigenvalue weighted by Crippen LogP contribution is -2.36. The van der Waals surface area contributed by atoms with Gasteiger partial charge in [0.25, 0.3) is 5.91 Å². The van der Waals surface area contributed by atoms with E-state index >= 15 is 0 Å². The van der Waals surface area contributed by atoms with Crippen LogP contribution >= 0.6 is 11.6 Å². The van der Waals surface area contributed by atoms with Crippen molar-refractivity contribution < 1.29 is 28.2 Å². The van der Waals surface area contributed by atoms with E-state index in [2.05, 4.69) is 15.6 Å². The molecule has 1 fully saturated rings. The Bertz CT molecular complexity index is 1270. The summed E-state index contributed by atoms with van der Waals surface area (Å²) in [4.78, 5) is 41.3. The normalized spacial score (nSPS) is 13.2. The number of benzene rings is 2. The van der Waals surface area contributed by atoms with Gasteiger partial charge in [0.15, 0.2) is 11.6 Å². The van der Waals surface area contributed by atoms with Crippen molar-refractivity contribution in [1.29, 1.82) is 0 Å². The first-order valence-electron chi connectivity index (χ1n) is 9.82. The number of amides is 4. The molecule has 170 valence electrons. The number of carbonyl (C=O) groups excluding carboxylic acids is 3. The molecule has 0 atom stereocenters. The van der Waals surface area contributed by atoms with Crippen LogP contribution in [0.1, 0.15) is 10.4 Å². The number of halogens is 2. The highest BCUT2D eigenvalue weighted by Gasteiger charge is 2.26. The van der Waals surface area contributed by atoms with Gasteiger partial charge in [0.2, 0.25) is 5.91 Å². The molecule has 1 aromatic heterocycles. The number of hydrogen-bond donors (Lipinski definition) is 2. The van der Waals surface area contributed by atoms with Crippen molar-refractivity contribution >= 4 is 40.3 Å². The lowest BCUT2D eigenvalue weighted by Gasteiger charge is -2.15. The molecule has 33 heavy (non-hydrogen) atoms. The van der Waals surface area contributed by atoms with Gasteiger partial charge < -0.3 is 19.7 Å². The number of ether oxygens (including phenoxy) is 2. The maximum atomic E-state index is 14.2. The van der Waals surface area contributed by atoms with Crippen LogP contribution < -0.4 is 20.1 Å². The number of carbonyl (C=O) groups is 3. The summed E-state index contributed by atoms with van der Waals surface area (Å²) in [6.45, 7) is 0.222. The average molecular weight is 473 g/mol. The Morgan fingerprint density at radius 1 is 1.21 bits per heavy atom. The predicted molar refractivity (Wildman–Crippen MR) is 117 cm³/mol. The van der Waals surface area contributed by atoms with Crippen molar-refractivity contribution in [3.05, 3.63) is 59.0 Å². The van der Waals surface area contributed by atoms with E-state index in [0.717, 1.165) is 6.07 Å². The fourth-order valence-corrected chi connectivity index (χ4v) is 3.48. The molecular formula is C22H18ClFN4O5. The van der Waals surface area contributed by atoms with Crippen LogP contribution in [0.25, 0.3) is 10.9 Å². The second-order valence-electron chi connectivity index (χ2n) is 7.09. The summed E-state index contributed by atoms with van der Waals surface area (Å²) in [5.74, 6) is -0.969. The highest BCUT2D eigenvalue weighted by atomic mass is 35.5. The maximum Gasteiger partial charge on any atom is 0.324 e. The van der Waals surface area contributed by atoms with Crippen LogP contribution in [0.3, 0.4) is 0 Å². The quantitative estimate of drug-likeness (QED) is 0.511. The summed E-state index contributed by atoms with van der Waals surface area (Å²) in [5, 5.41) is 5.56. The molecular weight excluding hydrogens is 455 g/mol. The van der Waals surface area contributed by atoms with Crippen molar-refractivity contribution in [1.82, 2.24) is 20.5 Å². The maximum absolute atomic E-state index is 14.2. The van der Waals surface area contributed by atoms with Gasteiger partial charge in [-0.05, 0) is 30.3 Å². The van der Waals surface area contributed by atoms with Crippen molar-refractivity contribution in [3.63, 3.8) is 0 Å². The molecule has 0 bridgehead atoms. The Hall–Kier alpha value is -3.92. The van der Waals surface area contributed by atoms with Gasteiger partial charge in [-0.2, -0.15) is 0 Å². The molecule has 1 saturated heterocycles. The summed E-state index contributed by atoms with van der Waals surface area (Å²) in [6.07, 6.45) is 1.49. The molecule has 3 aromatic rings. The molecule has 0 saturated carbocycles. The molecule has 0 unspecified atom stereocenters. The van der Waals surface area contributed by atoms with E-state index in [1.807, 2.05) is 0 Å². The summed E-state index contributed by atoms with van der Waals surface area (Å²) in [7, 11) is 1.42.